The predicted molar refractivity (Wildman–Crippen MR) is 58.0 cm³/mol. The van der Waals surface area contributed by atoms with Gasteiger partial charge in [0.05, 0.1) is 11.5 Å². The minimum absolute atomic E-state index is 0.184. The van der Waals surface area contributed by atoms with Gasteiger partial charge in [0.25, 0.3) is 0 Å². The van der Waals surface area contributed by atoms with Gasteiger partial charge in [0.1, 0.15) is 0 Å². The van der Waals surface area contributed by atoms with E-state index in [9.17, 15) is 8.42 Å². The highest BCUT2D eigenvalue weighted by atomic mass is 32.2. The number of sulfone groups is 1. The third-order valence-corrected chi connectivity index (χ3v) is 4.48. The predicted octanol–water partition coefficient (Wildman–Crippen LogP) is -0.157. The van der Waals surface area contributed by atoms with Crippen LogP contribution in [0.4, 0.5) is 0 Å². The van der Waals surface area contributed by atoms with Crippen molar-refractivity contribution in [2.45, 2.75) is 32.4 Å². The van der Waals surface area contributed by atoms with E-state index in [1.165, 1.54) is 0 Å². The van der Waals surface area contributed by atoms with Crippen molar-refractivity contribution in [3.05, 3.63) is 0 Å². The molecular formula is C9H20N2O2S. The van der Waals surface area contributed by atoms with E-state index in [1.54, 1.807) is 0 Å². The molecule has 2 N–H and O–H groups in total. The van der Waals surface area contributed by atoms with Gasteiger partial charge in [-0.1, -0.05) is 0 Å². The summed E-state index contributed by atoms with van der Waals surface area (Å²) in [5.41, 5.74) is 5.51. The number of hydrogen-bond acceptors (Lipinski definition) is 4. The van der Waals surface area contributed by atoms with E-state index >= 15 is 0 Å². The zero-order valence-corrected chi connectivity index (χ0v) is 9.76. The van der Waals surface area contributed by atoms with Crippen LogP contribution in [0.25, 0.3) is 0 Å². The molecule has 0 spiro atoms. The Morgan fingerprint density at radius 3 is 2.50 bits per heavy atom. The van der Waals surface area contributed by atoms with E-state index < -0.39 is 9.84 Å². The number of hydrogen-bond donors (Lipinski definition) is 1. The molecule has 1 rings (SSSR count). The van der Waals surface area contributed by atoms with Crippen LogP contribution < -0.4 is 5.73 Å². The summed E-state index contributed by atoms with van der Waals surface area (Å²) in [5.74, 6) is 0.649. The molecule has 0 aromatic carbocycles. The molecule has 1 atom stereocenters. The summed E-state index contributed by atoms with van der Waals surface area (Å²) in [5, 5.41) is 0. The smallest absolute Gasteiger partial charge is 0.151 e. The van der Waals surface area contributed by atoms with Crippen molar-refractivity contribution in [2.75, 3.05) is 24.6 Å². The second-order valence-corrected chi connectivity index (χ2v) is 6.41. The molecule has 0 amide bonds. The minimum atomic E-state index is -2.77. The summed E-state index contributed by atoms with van der Waals surface area (Å²) in [6.07, 6.45) is 0.764. The van der Waals surface area contributed by atoms with E-state index in [0.29, 0.717) is 24.1 Å². The third kappa shape index (κ3) is 2.93. The molecule has 0 aromatic heterocycles. The molecule has 1 saturated heterocycles. The van der Waals surface area contributed by atoms with Crippen LogP contribution in [-0.4, -0.2) is 50.0 Å². The Morgan fingerprint density at radius 2 is 2.14 bits per heavy atom. The molecule has 1 aliphatic heterocycles. The highest BCUT2D eigenvalue weighted by molar-refractivity contribution is 7.91. The maximum absolute atomic E-state index is 11.3. The Bertz CT molecular complexity index is 275. The molecule has 1 unspecified atom stereocenters. The van der Waals surface area contributed by atoms with Gasteiger partial charge in [-0.05, 0) is 20.3 Å². The van der Waals surface area contributed by atoms with Crippen LogP contribution in [0, 0.1) is 0 Å². The second-order valence-electron chi connectivity index (χ2n) is 4.18. The van der Waals surface area contributed by atoms with Crippen molar-refractivity contribution >= 4 is 9.84 Å². The summed E-state index contributed by atoms with van der Waals surface area (Å²) in [6.45, 7) is 5.55. The van der Waals surface area contributed by atoms with E-state index in [1.807, 2.05) is 0 Å². The summed E-state index contributed by atoms with van der Waals surface area (Å²) in [4.78, 5) is 2.20. The lowest BCUT2D eigenvalue weighted by atomic mass is 10.2. The summed E-state index contributed by atoms with van der Waals surface area (Å²) in [6, 6.07) is 0.556. The summed E-state index contributed by atoms with van der Waals surface area (Å²) >= 11 is 0. The number of rotatable bonds is 4. The van der Waals surface area contributed by atoms with Crippen LogP contribution >= 0.6 is 0 Å². The van der Waals surface area contributed by atoms with Crippen LogP contribution in [0.15, 0.2) is 0 Å². The largest absolute Gasteiger partial charge is 0.329 e. The van der Waals surface area contributed by atoms with Gasteiger partial charge in [0.15, 0.2) is 9.84 Å². The first kappa shape index (κ1) is 11.9. The molecule has 0 saturated carbocycles. The van der Waals surface area contributed by atoms with Crippen molar-refractivity contribution in [3.8, 4) is 0 Å². The lowest BCUT2D eigenvalue weighted by Crippen LogP contribution is -2.43. The lowest BCUT2D eigenvalue weighted by Gasteiger charge is -2.31. The quantitative estimate of drug-likeness (QED) is 0.715. The zero-order valence-electron chi connectivity index (χ0n) is 8.94. The molecule has 0 radical (unpaired) electrons. The van der Waals surface area contributed by atoms with Crippen LogP contribution in [-0.2, 0) is 9.84 Å². The SMILES string of the molecule is CC(C)N(CCN)C1CCS(=O)(=O)C1. The monoisotopic (exact) mass is 220 g/mol. The fourth-order valence-electron chi connectivity index (χ4n) is 2.05. The van der Waals surface area contributed by atoms with E-state index in [4.69, 9.17) is 5.73 Å². The first-order valence-corrected chi connectivity index (χ1v) is 6.94. The molecule has 0 aliphatic carbocycles. The Hall–Kier alpha value is -0.130. The molecule has 4 nitrogen and oxygen atoms in total. The van der Waals surface area contributed by atoms with E-state index in [-0.39, 0.29) is 6.04 Å². The molecule has 84 valence electrons. The van der Waals surface area contributed by atoms with Gasteiger partial charge in [0.2, 0.25) is 0 Å². The highest BCUT2D eigenvalue weighted by Gasteiger charge is 2.32. The maximum atomic E-state index is 11.3. The van der Waals surface area contributed by atoms with Crippen molar-refractivity contribution in [1.82, 2.24) is 4.90 Å². The van der Waals surface area contributed by atoms with Gasteiger partial charge in [-0.2, -0.15) is 0 Å². The first-order valence-electron chi connectivity index (χ1n) is 5.12. The average molecular weight is 220 g/mol. The minimum Gasteiger partial charge on any atom is -0.329 e. The van der Waals surface area contributed by atoms with Crippen LogP contribution in [0.3, 0.4) is 0 Å². The molecular weight excluding hydrogens is 200 g/mol. The summed E-state index contributed by atoms with van der Waals surface area (Å²) in [7, 11) is -2.77. The first-order chi connectivity index (χ1) is 6.46. The van der Waals surface area contributed by atoms with Gasteiger partial charge in [-0.25, -0.2) is 8.42 Å². The van der Waals surface area contributed by atoms with E-state index in [2.05, 4.69) is 18.7 Å². The van der Waals surface area contributed by atoms with Gasteiger partial charge in [-0.15, -0.1) is 0 Å². The van der Waals surface area contributed by atoms with Gasteiger partial charge >= 0.3 is 0 Å². The fourth-order valence-corrected chi connectivity index (χ4v) is 3.79. The molecule has 14 heavy (non-hydrogen) atoms. The molecule has 1 heterocycles. The van der Waals surface area contributed by atoms with Crippen molar-refractivity contribution < 1.29 is 8.42 Å². The Kier molecular flexibility index (Phi) is 3.92. The molecule has 1 aliphatic rings. The topological polar surface area (TPSA) is 63.4 Å². The fraction of sp³-hybridized carbons (Fsp3) is 1.00. The average Bonchev–Trinajstić information content (AvgIpc) is 2.41. The van der Waals surface area contributed by atoms with E-state index in [0.717, 1.165) is 13.0 Å². The zero-order chi connectivity index (χ0) is 10.8. The standard InChI is InChI=1S/C9H20N2O2S/c1-8(2)11(5-4-10)9-3-6-14(12,13)7-9/h8-9H,3-7,10H2,1-2H3. The van der Waals surface area contributed by atoms with Gasteiger partial charge in [-0.3, -0.25) is 4.90 Å². The van der Waals surface area contributed by atoms with Crippen LogP contribution in [0.2, 0.25) is 0 Å². The van der Waals surface area contributed by atoms with Crippen molar-refractivity contribution in [1.29, 1.82) is 0 Å². The normalized spacial score (nSPS) is 26.2. The summed E-state index contributed by atoms with van der Waals surface area (Å²) < 4.78 is 22.6. The van der Waals surface area contributed by atoms with Crippen molar-refractivity contribution in [2.24, 2.45) is 5.73 Å². The number of nitrogens with zero attached hydrogens (tertiary/aromatic N) is 1. The molecule has 0 bridgehead atoms. The maximum Gasteiger partial charge on any atom is 0.151 e. The third-order valence-electron chi connectivity index (χ3n) is 2.73. The molecule has 1 fully saturated rings. The highest BCUT2D eigenvalue weighted by Crippen LogP contribution is 2.19. The Labute approximate surface area is 86.4 Å². The lowest BCUT2D eigenvalue weighted by molar-refractivity contribution is 0.172. The number of nitrogens with two attached hydrogens (primary N) is 1. The molecule has 5 heteroatoms. The Balaban J connectivity index is 2.62. The van der Waals surface area contributed by atoms with Crippen molar-refractivity contribution in [3.63, 3.8) is 0 Å². The van der Waals surface area contributed by atoms with Crippen LogP contribution in [0.5, 0.6) is 0 Å². The van der Waals surface area contributed by atoms with Gasteiger partial charge in [0, 0.05) is 25.2 Å². The van der Waals surface area contributed by atoms with Gasteiger partial charge < -0.3 is 5.73 Å². The van der Waals surface area contributed by atoms with Crippen LogP contribution in [0.1, 0.15) is 20.3 Å². The molecule has 0 aromatic rings. The second kappa shape index (κ2) is 4.59. The Morgan fingerprint density at radius 1 is 1.50 bits per heavy atom.